The Kier molecular flexibility index (Phi) is 5.28. The molecule has 0 radical (unpaired) electrons. The van der Waals surface area contributed by atoms with Crippen molar-refractivity contribution in [1.29, 1.82) is 0 Å². The monoisotopic (exact) mass is 391 g/mol. The first-order valence-electron chi connectivity index (χ1n) is 9.76. The van der Waals surface area contributed by atoms with Crippen LogP contribution < -0.4 is 5.69 Å². The first-order valence-corrected chi connectivity index (χ1v) is 10.1. The molecule has 0 spiro atoms. The quantitative estimate of drug-likeness (QED) is 0.808. The lowest BCUT2D eigenvalue weighted by atomic mass is 9.81. The van der Waals surface area contributed by atoms with E-state index in [2.05, 4.69) is 0 Å². The van der Waals surface area contributed by atoms with Gasteiger partial charge in [-0.15, -0.1) is 0 Å². The van der Waals surface area contributed by atoms with Gasteiger partial charge in [-0.1, -0.05) is 17.7 Å². The summed E-state index contributed by atoms with van der Waals surface area (Å²) in [4.78, 5) is 27.3. The van der Waals surface area contributed by atoms with E-state index in [1.165, 1.54) is 0 Å². The number of imidazole rings is 1. The molecular weight excluding hydrogens is 366 g/mol. The van der Waals surface area contributed by atoms with Crippen LogP contribution in [0.4, 0.5) is 0 Å². The zero-order valence-electron chi connectivity index (χ0n) is 15.7. The number of aromatic nitrogens is 2. The van der Waals surface area contributed by atoms with Crippen LogP contribution in [0.3, 0.4) is 0 Å². The van der Waals surface area contributed by atoms with Gasteiger partial charge < -0.3 is 9.64 Å². The molecule has 1 amide bonds. The Morgan fingerprint density at radius 1 is 1.19 bits per heavy atom. The summed E-state index contributed by atoms with van der Waals surface area (Å²) in [5.41, 5.74) is 1.66. The highest BCUT2D eigenvalue weighted by molar-refractivity contribution is 6.35. The smallest absolute Gasteiger partial charge is 0.328 e. The van der Waals surface area contributed by atoms with Crippen molar-refractivity contribution >= 4 is 28.5 Å². The lowest BCUT2D eigenvalue weighted by molar-refractivity contribution is -0.141. The van der Waals surface area contributed by atoms with Gasteiger partial charge >= 0.3 is 5.69 Å². The van der Waals surface area contributed by atoms with Gasteiger partial charge in [0.25, 0.3) is 0 Å². The van der Waals surface area contributed by atoms with Crippen molar-refractivity contribution in [2.45, 2.75) is 32.2 Å². The predicted molar refractivity (Wildman–Crippen MR) is 105 cm³/mol. The second-order valence-electron chi connectivity index (χ2n) is 7.72. The van der Waals surface area contributed by atoms with Crippen molar-refractivity contribution < 1.29 is 9.53 Å². The van der Waals surface area contributed by atoms with Gasteiger partial charge in [0.15, 0.2) is 0 Å². The molecule has 2 heterocycles. The molecule has 0 unspecified atom stereocenters. The van der Waals surface area contributed by atoms with Crippen LogP contribution in [0.2, 0.25) is 5.02 Å². The Balaban J connectivity index is 1.44. The molecule has 0 atom stereocenters. The summed E-state index contributed by atoms with van der Waals surface area (Å²) in [6.07, 6.45) is 3.73. The van der Waals surface area contributed by atoms with Crippen LogP contribution in [0.5, 0.6) is 0 Å². The van der Waals surface area contributed by atoms with E-state index in [1.807, 2.05) is 27.7 Å². The fourth-order valence-corrected chi connectivity index (χ4v) is 4.75. The van der Waals surface area contributed by atoms with E-state index in [0.29, 0.717) is 43.8 Å². The number of halogens is 1. The minimum atomic E-state index is -0.0235. The van der Waals surface area contributed by atoms with E-state index in [1.54, 1.807) is 11.6 Å². The van der Waals surface area contributed by atoms with E-state index < -0.39 is 0 Å². The van der Waals surface area contributed by atoms with Gasteiger partial charge in [-0.25, -0.2) is 4.79 Å². The van der Waals surface area contributed by atoms with Gasteiger partial charge in [-0.3, -0.25) is 13.9 Å². The summed E-state index contributed by atoms with van der Waals surface area (Å²) >= 11 is 6.38. The highest BCUT2D eigenvalue weighted by Crippen LogP contribution is 2.32. The number of morpholine rings is 1. The van der Waals surface area contributed by atoms with Crippen molar-refractivity contribution in [2.24, 2.45) is 18.9 Å². The SMILES string of the molecule is Cn1c(=O)n(C[C@H]2CC[C@H](C(=O)N3CCOCC3)CC2)c2c(Cl)cccc21. The van der Waals surface area contributed by atoms with Crippen LogP contribution >= 0.6 is 11.6 Å². The van der Waals surface area contributed by atoms with E-state index in [0.717, 1.165) is 36.7 Å². The van der Waals surface area contributed by atoms with Crippen molar-refractivity contribution in [3.63, 3.8) is 0 Å². The second kappa shape index (κ2) is 7.68. The molecule has 2 aromatic rings. The molecule has 1 aromatic heterocycles. The zero-order chi connectivity index (χ0) is 19.0. The van der Waals surface area contributed by atoms with Gasteiger partial charge in [0.2, 0.25) is 5.91 Å². The number of benzene rings is 1. The number of amides is 1. The molecule has 27 heavy (non-hydrogen) atoms. The van der Waals surface area contributed by atoms with Gasteiger partial charge in [0.1, 0.15) is 0 Å². The third-order valence-corrected chi connectivity index (χ3v) is 6.38. The number of aryl methyl sites for hydroxylation is 1. The largest absolute Gasteiger partial charge is 0.378 e. The lowest BCUT2D eigenvalue weighted by Gasteiger charge is -2.34. The average molecular weight is 392 g/mol. The molecule has 2 aliphatic rings. The number of hydrogen-bond acceptors (Lipinski definition) is 3. The van der Waals surface area contributed by atoms with Crippen LogP contribution in [0, 0.1) is 11.8 Å². The minimum absolute atomic E-state index is 0.0235. The molecule has 1 aliphatic heterocycles. The van der Waals surface area contributed by atoms with Gasteiger partial charge in [0.05, 0.1) is 29.3 Å². The summed E-state index contributed by atoms with van der Waals surface area (Å²) in [5, 5.41) is 0.612. The van der Waals surface area contributed by atoms with Crippen molar-refractivity contribution in [3.05, 3.63) is 33.7 Å². The summed E-state index contributed by atoms with van der Waals surface area (Å²) < 4.78 is 8.81. The topological polar surface area (TPSA) is 56.5 Å². The van der Waals surface area contributed by atoms with Crippen LogP contribution in [0.1, 0.15) is 25.7 Å². The molecule has 6 nitrogen and oxygen atoms in total. The predicted octanol–water partition coefficient (Wildman–Crippen LogP) is 2.66. The van der Waals surface area contributed by atoms with E-state index in [-0.39, 0.29) is 17.5 Å². The van der Waals surface area contributed by atoms with Crippen molar-refractivity contribution in [3.8, 4) is 0 Å². The third-order valence-electron chi connectivity index (χ3n) is 6.07. The number of para-hydroxylation sites is 1. The van der Waals surface area contributed by atoms with Gasteiger partial charge in [-0.05, 0) is 43.7 Å². The van der Waals surface area contributed by atoms with Crippen molar-refractivity contribution in [2.75, 3.05) is 26.3 Å². The molecule has 1 aliphatic carbocycles. The Morgan fingerprint density at radius 3 is 2.59 bits per heavy atom. The Bertz CT molecular complexity index is 890. The fraction of sp³-hybridized carbons (Fsp3) is 0.600. The molecular formula is C20H26ClN3O3. The molecule has 7 heteroatoms. The summed E-state index contributed by atoms with van der Waals surface area (Å²) in [6, 6.07) is 5.63. The molecule has 1 saturated carbocycles. The van der Waals surface area contributed by atoms with E-state index in [9.17, 15) is 9.59 Å². The second-order valence-corrected chi connectivity index (χ2v) is 8.12. The molecule has 1 aromatic carbocycles. The van der Waals surface area contributed by atoms with Gasteiger partial charge in [-0.2, -0.15) is 0 Å². The Hall–Kier alpha value is -1.79. The number of carbonyl (C=O) groups is 1. The van der Waals surface area contributed by atoms with Crippen molar-refractivity contribution in [1.82, 2.24) is 14.0 Å². The number of rotatable bonds is 3. The Labute approximate surface area is 163 Å². The molecule has 0 bridgehead atoms. The van der Waals surface area contributed by atoms with Crippen LogP contribution in [-0.2, 0) is 23.1 Å². The number of carbonyl (C=O) groups excluding carboxylic acids is 1. The lowest BCUT2D eigenvalue weighted by Crippen LogP contribution is -2.44. The first-order chi connectivity index (χ1) is 13.1. The molecule has 2 fully saturated rings. The van der Waals surface area contributed by atoms with Gasteiger partial charge in [0, 0.05) is 32.6 Å². The normalized spacial score (nSPS) is 23.7. The maximum atomic E-state index is 12.7. The maximum absolute atomic E-state index is 12.7. The van der Waals surface area contributed by atoms with Crippen LogP contribution in [-0.4, -0.2) is 46.2 Å². The standard InChI is InChI=1S/C20H26ClN3O3/c1-22-17-4-2-3-16(21)18(17)24(20(22)26)13-14-5-7-15(8-6-14)19(25)23-9-11-27-12-10-23/h2-4,14-15H,5-13H2,1H3/t14-,15-. The van der Waals surface area contributed by atoms with E-state index >= 15 is 0 Å². The fourth-order valence-electron chi connectivity index (χ4n) is 4.48. The first kappa shape index (κ1) is 18.6. The molecule has 0 N–H and O–H groups in total. The third kappa shape index (κ3) is 3.52. The maximum Gasteiger partial charge on any atom is 0.328 e. The summed E-state index contributed by atoms with van der Waals surface area (Å²) in [7, 11) is 1.79. The number of nitrogens with zero attached hydrogens (tertiary/aromatic N) is 3. The highest BCUT2D eigenvalue weighted by atomic mass is 35.5. The highest BCUT2D eigenvalue weighted by Gasteiger charge is 2.31. The Morgan fingerprint density at radius 2 is 1.89 bits per heavy atom. The average Bonchev–Trinajstić information content (AvgIpc) is 2.95. The van der Waals surface area contributed by atoms with E-state index in [4.69, 9.17) is 16.3 Å². The zero-order valence-corrected chi connectivity index (χ0v) is 16.5. The van der Waals surface area contributed by atoms with Crippen LogP contribution in [0.25, 0.3) is 11.0 Å². The molecule has 4 rings (SSSR count). The number of ether oxygens (including phenoxy) is 1. The minimum Gasteiger partial charge on any atom is -0.378 e. The molecule has 146 valence electrons. The number of hydrogen-bond donors (Lipinski definition) is 0. The summed E-state index contributed by atoms with van der Waals surface area (Å²) in [6.45, 7) is 3.38. The summed E-state index contributed by atoms with van der Waals surface area (Å²) in [5.74, 6) is 0.799. The number of fused-ring (bicyclic) bond motifs is 1. The van der Waals surface area contributed by atoms with Crippen LogP contribution in [0.15, 0.2) is 23.0 Å². The molecule has 1 saturated heterocycles.